The molecule has 0 saturated heterocycles. The molecule has 1 aromatic carbocycles. The molecule has 1 aliphatic heterocycles. The predicted molar refractivity (Wildman–Crippen MR) is 104 cm³/mol. The fraction of sp³-hybridized carbons (Fsp3) is 0.316. The number of halogens is 1. The molecule has 0 bridgehead atoms. The number of benzene rings is 1. The van der Waals surface area contributed by atoms with Gasteiger partial charge in [0, 0.05) is 18.3 Å². The van der Waals surface area contributed by atoms with Crippen molar-refractivity contribution in [2.75, 3.05) is 18.4 Å². The van der Waals surface area contributed by atoms with Crippen molar-refractivity contribution in [2.45, 2.75) is 26.0 Å². The third-order valence-corrected chi connectivity index (χ3v) is 4.12. The number of carbonyl (C=O) groups excluding carboxylic acids is 2. The van der Waals surface area contributed by atoms with E-state index in [1.807, 2.05) is 0 Å². The SMILES string of the molecule is CC(C)(O)Cn1ccc(NC(=O)CN2CC(Oc3ccccc3Cl)=CC2=O)n1. The lowest BCUT2D eigenvalue weighted by atomic mass is 10.1. The summed E-state index contributed by atoms with van der Waals surface area (Å²) < 4.78 is 7.19. The van der Waals surface area contributed by atoms with Crippen LogP contribution in [-0.2, 0) is 16.1 Å². The van der Waals surface area contributed by atoms with Crippen LogP contribution in [0.4, 0.5) is 5.82 Å². The standard InChI is InChI=1S/C19H21ClN4O4/c1-19(2,27)12-24-8-7-16(22-24)21-17(25)11-23-10-13(9-18(23)26)28-15-6-4-3-5-14(15)20/h3-9,27H,10-12H2,1-2H3,(H,21,22,25). The lowest BCUT2D eigenvalue weighted by Gasteiger charge is -2.17. The minimum Gasteiger partial charge on any atom is -0.458 e. The van der Waals surface area contributed by atoms with Crippen molar-refractivity contribution in [1.82, 2.24) is 14.7 Å². The van der Waals surface area contributed by atoms with Crippen molar-refractivity contribution in [1.29, 1.82) is 0 Å². The number of hydrogen-bond donors (Lipinski definition) is 2. The normalized spacial score (nSPS) is 14.2. The molecule has 148 valence electrons. The second kappa shape index (κ2) is 8.04. The van der Waals surface area contributed by atoms with E-state index in [2.05, 4.69) is 10.4 Å². The molecule has 0 radical (unpaired) electrons. The summed E-state index contributed by atoms with van der Waals surface area (Å²) in [6, 6.07) is 8.58. The van der Waals surface area contributed by atoms with E-state index in [9.17, 15) is 14.7 Å². The summed E-state index contributed by atoms with van der Waals surface area (Å²) in [5, 5.41) is 17.1. The lowest BCUT2D eigenvalue weighted by molar-refractivity contribution is -0.129. The Balaban J connectivity index is 1.53. The number of nitrogens with zero attached hydrogens (tertiary/aromatic N) is 3. The Kier molecular flexibility index (Phi) is 5.71. The van der Waals surface area contributed by atoms with Crippen molar-refractivity contribution in [3.8, 4) is 5.75 Å². The van der Waals surface area contributed by atoms with E-state index in [4.69, 9.17) is 16.3 Å². The number of hydrogen-bond acceptors (Lipinski definition) is 5. The number of aromatic nitrogens is 2. The number of nitrogens with one attached hydrogen (secondary N) is 1. The average Bonchev–Trinajstić information content (AvgIpc) is 3.14. The van der Waals surface area contributed by atoms with E-state index in [-0.39, 0.29) is 24.9 Å². The van der Waals surface area contributed by atoms with Crippen molar-refractivity contribution in [3.05, 3.63) is 53.4 Å². The van der Waals surface area contributed by atoms with Crippen molar-refractivity contribution in [2.24, 2.45) is 0 Å². The maximum absolute atomic E-state index is 12.2. The maximum atomic E-state index is 12.2. The molecule has 1 aliphatic rings. The van der Waals surface area contributed by atoms with Crippen LogP contribution in [-0.4, -0.2) is 50.3 Å². The summed E-state index contributed by atoms with van der Waals surface area (Å²) in [5.41, 5.74) is -0.918. The topological polar surface area (TPSA) is 96.7 Å². The van der Waals surface area contributed by atoms with Crippen LogP contribution < -0.4 is 10.1 Å². The van der Waals surface area contributed by atoms with E-state index < -0.39 is 5.60 Å². The number of rotatable bonds is 7. The Bertz CT molecular complexity index is 917. The molecule has 9 heteroatoms. The first-order valence-electron chi connectivity index (χ1n) is 8.67. The fourth-order valence-electron chi connectivity index (χ4n) is 2.67. The quantitative estimate of drug-likeness (QED) is 0.736. The highest BCUT2D eigenvalue weighted by atomic mass is 35.5. The summed E-state index contributed by atoms with van der Waals surface area (Å²) in [4.78, 5) is 25.7. The zero-order valence-electron chi connectivity index (χ0n) is 15.6. The molecule has 0 spiro atoms. The van der Waals surface area contributed by atoms with Gasteiger partial charge in [0.2, 0.25) is 5.91 Å². The van der Waals surface area contributed by atoms with E-state index in [0.717, 1.165) is 0 Å². The van der Waals surface area contributed by atoms with Crippen LogP contribution in [0.5, 0.6) is 5.75 Å². The molecule has 2 amide bonds. The van der Waals surface area contributed by atoms with Gasteiger partial charge in [-0.1, -0.05) is 23.7 Å². The minimum atomic E-state index is -0.918. The van der Waals surface area contributed by atoms with Crippen molar-refractivity contribution >= 4 is 29.2 Å². The number of ether oxygens (including phenoxy) is 1. The Morgan fingerprint density at radius 1 is 1.36 bits per heavy atom. The van der Waals surface area contributed by atoms with Crippen LogP contribution in [0.1, 0.15) is 13.8 Å². The number of anilines is 1. The van der Waals surface area contributed by atoms with Gasteiger partial charge < -0.3 is 20.1 Å². The Labute approximate surface area is 167 Å². The second-order valence-electron chi connectivity index (χ2n) is 7.10. The molecule has 0 unspecified atom stereocenters. The third kappa shape index (κ3) is 5.34. The van der Waals surface area contributed by atoms with Gasteiger partial charge in [-0.2, -0.15) is 5.10 Å². The van der Waals surface area contributed by atoms with Gasteiger partial charge in [0.25, 0.3) is 5.91 Å². The van der Waals surface area contributed by atoms with E-state index in [0.29, 0.717) is 28.9 Å². The van der Waals surface area contributed by atoms with Crippen LogP contribution in [0.25, 0.3) is 0 Å². The molecule has 3 rings (SSSR count). The summed E-state index contributed by atoms with van der Waals surface area (Å²) >= 11 is 6.05. The van der Waals surface area contributed by atoms with E-state index >= 15 is 0 Å². The Morgan fingerprint density at radius 2 is 2.11 bits per heavy atom. The molecular formula is C19H21ClN4O4. The number of aliphatic hydroxyl groups is 1. The number of carbonyl (C=O) groups is 2. The number of amides is 2. The van der Waals surface area contributed by atoms with Gasteiger partial charge in [0.1, 0.15) is 18.1 Å². The first-order valence-corrected chi connectivity index (χ1v) is 9.05. The van der Waals surface area contributed by atoms with Gasteiger partial charge in [-0.05, 0) is 26.0 Å². The maximum Gasteiger partial charge on any atom is 0.250 e. The van der Waals surface area contributed by atoms with Crippen LogP contribution >= 0.6 is 11.6 Å². The molecule has 28 heavy (non-hydrogen) atoms. The Hall–Kier alpha value is -2.84. The monoisotopic (exact) mass is 404 g/mol. The molecule has 1 aromatic heterocycles. The smallest absolute Gasteiger partial charge is 0.250 e. The van der Waals surface area contributed by atoms with Crippen LogP contribution in [0.15, 0.2) is 48.4 Å². The predicted octanol–water partition coefficient (Wildman–Crippen LogP) is 2.05. The van der Waals surface area contributed by atoms with Gasteiger partial charge >= 0.3 is 0 Å². The van der Waals surface area contributed by atoms with Gasteiger partial charge in [-0.15, -0.1) is 0 Å². The molecule has 0 atom stereocenters. The summed E-state index contributed by atoms with van der Waals surface area (Å²) in [6.07, 6.45) is 3.00. The summed E-state index contributed by atoms with van der Waals surface area (Å²) in [5.74, 6) is 0.521. The van der Waals surface area contributed by atoms with Gasteiger partial charge in [-0.3, -0.25) is 14.3 Å². The second-order valence-corrected chi connectivity index (χ2v) is 7.50. The average molecular weight is 405 g/mol. The molecular weight excluding hydrogens is 384 g/mol. The largest absolute Gasteiger partial charge is 0.458 e. The molecule has 2 heterocycles. The molecule has 2 aromatic rings. The molecule has 0 fully saturated rings. The van der Waals surface area contributed by atoms with Gasteiger partial charge in [0.15, 0.2) is 5.82 Å². The third-order valence-electron chi connectivity index (χ3n) is 3.81. The zero-order valence-corrected chi connectivity index (χ0v) is 16.3. The summed E-state index contributed by atoms with van der Waals surface area (Å²) in [7, 11) is 0. The molecule has 2 N–H and O–H groups in total. The highest BCUT2D eigenvalue weighted by Gasteiger charge is 2.25. The zero-order chi connectivity index (χ0) is 20.3. The van der Waals surface area contributed by atoms with Gasteiger partial charge in [-0.25, -0.2) is 0 Å². The number of para-hydroxylation sites is 1. The highest BCUT2D eigenvalue weighted by Crippen LogP contribution is 2.26. The Morgan fingerprint density at radius 3 is 2.82 bits per heavy atom. The highest BCUT2D eigenvalue weighted by molar-refractivity contribution is 6.32. The van der Waals surface area contributed by atoms with Crippen molar-refractivity contribution < 1.29 is 19.4 Å². The lowest BCUT2D eigenvalue weighted by Crippen LogP contribution is -2.35. The van der Waals surface area contributed by atoms with E-state index in [1.165, 1.54) is 15.7 Å². The first-order chi connectivity index (χ1) is 13.2. The van der Waals surface area contributed by atoms with Crippen molar-refractivity contribution in [3.63, 3.8) is 0 Å². The molecule has 0 saturated carbocycles. The van der Waals surface area contributed by atoms with Crippen LogP contribution in [0.2, 0.25) is 5.02 Å². The first kappa shape index (κ1) is 19.9. The van der Waals surface area contributed by atoms with Gasteiger partial charge in [0.05, 0.1) is 23.7 Å². The molecule has 0 aliphatic carbocycles. The van der Waals surface area contributed by atoms with Crippen LogP contribution in [0, 0.1) is 0 Å². The van der Waals surface area contributed by atoms with Crippen LogP contribution in [0.3, 0.4) is 0 Å². The molecule has 8 nitrogen and oxygen atoms in total. The fourth-order valence-corrected chi connectivity index (χ4v) is 2.85. The van der Waals surface area contributed by atoms with E-state index in [1.54, 1.807) is 50.4 Å². The summed E-state index contributed by atoms with van der Waals surface area (Å²) in [6.45, 7) is 3.66. The minimum absolute atomic E-state index is 0.136.